The number of amides is 1. The molecule has 1 fully saturated rings. The third kappa shape index (κ3) is 3.31. The standard InChI is InChI=1S/C15H19N3O3S/c1-17-4-6-18(7-5-17)15(22)14(19)16-9-11-2-3-12-13(8-11)21-10-20-12/h2-3,8H,4-7,9-10H2,1H3,(H,16,19). The summed E-state index contributed by atoms with van der Waals surface area (Å²) >= 11 is 5.28. The summed E-state index contributed by atoms with van der Waals surface area (Å²) in [5, 5.41) is 2.87. The Balaban J connectivity index is 1.52. The van der Waals surface area contributed by atoms with Crippen LogP contribution >= 0.6 is 12.2 Å². The van der Waals surface area contributed by atoms with Crippen LogP contribution < -0.4 is 14.8 Å². The van der Waals surface area contributed by atoms with E-state index in [9.17, 15) is 4.79 Å². The summed E-state index contributed by atoms with van der Waals surface area (Å²) in [6.45, 7) is 4.12. The maximum Gasteiger partial charge on any atom is 0.279 e. The van der Waals surface area contributed by atoms with Crippen molar-refractivity contribution in [2.24, 2.45) is 0 Å². The molecule has 0 atom stereocenters. The number of hydrogen-bond donors (Lipinski definition) is 1. The lowest BCUT2D eigenvalue weighted by atomic mass is 10.2. The molecule has 0 unspecified atom stereocenters. The predicted octanol–water partition coefficient (Wildman–Crippen LogP) is 0.606. The number of hydrogen-bond acceptors (Lipinski definition) is 5. The number of rotatable bonds is 2. The second-order valence-electron chi connectivity index (χ2n) is 5.47. The number of nitrogens with one attached hydrogen (secondary N) is 1. The van der Waals surface area contributed by atoms with Crippen LogP contribution in [0, 0.1) is 0 Å². The highest BCUT2D eigenvalue weighted by Gasteiger charge is 2.21. The summed E-state index contributed by atoms with van der Waals surface area (Å²) in [5.41, 5.74) is 0.957. The maximum absolute atomic E-state index is 12.2. The van der Waals surface area contributed by atoms with E-state index in [1.807, 2.05) is 23.1 Å². The van der Waals surface area contributed by atoms with Gasteiger partial charge < -0.3 is 24.6 Å². The predicted molar refractivity (Wildman–Crippen MR) is 86.1 cm³/mol. The van der Waals surface area contributed by atoms with E-state index in [-0.39, 0.29) is 12.7 Å². The van der Waals surface area contributed by atoms with E-state index < -0.39 is 0 Å². The summed E-state index contributed by atoms with van der Waals surface area (Å²) in [6, 6.07) is 5.64. The summed E-state index contributed by atoms with van der Waals surface area (Å²) in [5.74, 6) is 1.26. The molecule has 7 heteroatoms. The first-order valence-electron chi connectivity index (χ1n) is 7.27. The van der Waals surface area contributed by atoms with Crippen LogP contribution in [0.4, 0.5) is 0 Å². The number of carbonyl (C=O) groups is 1. The Morgan fingerprint density at radius 3 is 2.73 bits per heavy atom. The SMILES string of the molecule is CN1CCN(C(=S)C(=O)NCc2ccc3c(c2)OCO3)CC1. The Bertz CT molecular complexity index is 585. The topological polar surface area (TPSA) is 54.0 Å². The quantitative estimate of drug-likeness (QED) is 0.806. The third-order valence-electron chi connectivity index (χ3n) is 3.87. The first-order chi connectivity index (χ1) is 10.6. The molecule has 2 aliphatic heterocycles. The lowest BCUT2D eigenvalue weighted by Crippen LogP contribution is -2.50. The van der Waals surface area contributed by atoms with Gasteiger partial charge >= 0.3 is 0 Å². The minimum Gasteiger partial charge on any atom is -0.454 e. The molecule has 1 aromatic rings. The smallest absolute Gasteiger partial charge is 0.279 e. The van der Waals surface area contributed by atoms with Crippen LogP contribution in [0.1, 0.15) is 5.56 Å². The zero-order chi connectivity index (χ0) is 15.5. The number of thiocarbonyl (C=S) groups is 1. The van der Waals surface area contributed by atoms with Crippen molar-refractivity contribution < 1.29 is 14.3 Å². The van der Waals surface area contributed by atoms with Crippen LogP contribution in [0.2, 0.25) is 0 Å². The normalized spacial score (nSPS) is 17.4. The third-order valence-corrected chi connectivity index (χ3v) is 4.32. The first kappa shape index (κ1) is 15.1. The molecule has 0 aliphatic carbocycles. The van der Waals surface area contributed by atoms with E-state index in [1.165, 1.54) is 0 Å². The van der Waals surface area contributed by atoms with Crippen molar-refractivity contribution in [3.63, 3.8) is 0 Å². The monoisotopic (exact) mass is 321 g/mol. The number of benzene rings is 1. The first-order valence-corrected chi connectivity index (χ1v) is 7.68. The molecule has 6 nitrogen and oxygen atoms in total. The van der Waals surface area contributed by atoms with Crippen LogP contribution in [0.25, 0.3) is 0 Å². The zero-order valence-corrected chi connectivity index (χ0v) is 13.3. The van der Waals surface area contributed by atoms with Gasteiger partial charge in [-0.05, 0) is 24.7 Å². The minimum atomic E-state index is -0.197. The van der Waals surface area contributed by atoms with E-state index in [4.69, 9.17) is 21.7 Å². The van der Waals surface area contributed by atoms with Gasteiger partial charge in [-0.25, -0.2) is 0 Å². The largest absolute Gasteiger partial charge is 0.454 e. The van der Waals surface area contributed by atoms with Crippen LogP contribution in [-0.4, -0.2) is 60.7 Å². The summed E-state index contributed by atoms with van der Waals surface area (Å²) in [6.07, 6.45) is 0. The van der Waals surface area contributed by atoms with Gasteiger partial charge in [-0.2, -0.15) is 0 Å². The van der Waals surface area contributed by atoms with Gasteiger partial charge in [-0.1, -0.05) is 18.3 Å². The number of likely N-dealkylation sites (N-methyl/N-ethyl adjacent to an activating group) is 1. The number of ether oxygens (including phenoxy) is 2. The molecule has 3 rings (SSSR count). The summed E-state index contributed by atoms with van der Waals surface area (Å²) < 4.78 is 10.6. The fourth-order valence-corrected chi connectivity index (χ4v) is 2.72. The number of piperazine rings is 1. The molecular formula is C15H19N3O3S. The molecule has 2 heterocycles. The van der Waals surface area contributed by atoms with E-state index in [0.717, 1.165) is 37.5 Å². The molecule has 1 aromatic carbocycles. The van der Waals surface area contributed by atoms with Crippen molar-refractivity contribution in [2.75, 3.05) is 40.0 Å². The molecule has 1 saturated heterocycles. The van der Waals surface area contributed by atoms with Gasteiger partial charge in [-0.15, -0.1) is 0 Å². The van der Waals surface area contributed by atoms with Crippen molar-refractivity contribution in [1.82, 2.24) is 15.1 Å². The summed E-state index contributed by atoms with van der Waals surface area (Å²) in [4.78, 5) is 16.7. The fraction of sp³-hybridized carbons (Fsp3) is 0.467. The average molecular weight is 321 g/mol. The second-order valence-corrected chi connectivity index (χ2v) is 5.85. The van der Waals surface area contributed by atoms with Crippen molar-refractivity contribution >= 4 is 23.1 Å². The lowest BCUT2D eigenvalue weighted by molar-refractivity contribution is -0.115. The van der Waals surface area contributed by atoms with Crippen molar-refractivity contribution in [2.45, 2.75) is 6.54 Å². The average Bonchev–Trinajstić information content (AvgIpc) is 3.00. The molecule has 0 aromatic heterocycles. The van der Waals surface area contributed by atoms with Gasteiger partial charge in [0.1, 0.15) is 0 Å². The van der Waals surface area contributed by atoms with Crippen LogP contribution in [0.5, 0.6) is 11.5 Å². The number of fused-ring (bicyclic) bond motifs is 1. The molecule has 1 amide bonds. The molecular weight excluding hydrogens is 302 g/mol. The molecule has 118 valence electrons. The van der Waals surface area contributed by atoms with Crippen molar-refractivity contribution in [1.29, 1.82) is 0 Å². The second kappa shape index (κ2) is 6.50. The maximum atomic E-state index is 12.2. The molecule has 22 heavy (non-hydrogen) atoms. The van der Waals surface area contributed by atoms with Gasteiger partial charge in [0.15, 0.2) is 16.5 Å². The van der Waals surface area contributed by atoms with E-state index in [0.29, 0.717) is 17.3 Å². The van der Waals surface area contributed by atoms with E-state index in [2.05, 4.69) is 17.3 Å². The molecule has 1 N–H and O–H groups in total. The van der Waals surface area contributed by atoms with E-state index >= 15 is 0 Å². The Labute approximate surface area is 135 Å². The van der Waals surface area contributed by atoms with Crippen LogP contribution in [0.3, 0.4) is 0 Å². The van der Waals surface area contributed by atoms with Crippen molar-refractivity contribution in [3.05, 3.63) is 23.8 Å². The highest BCUT2D eigenvalue weighted by Crippen LogP contribution is 2.32. The summed E-state index contributed by atoms with van der Waals surface area (Å²) in [7, 11) is 2.07. The molecule has 0 bridgehead atoms. The van der Waals surface area contributed by atoms with Gasteiger partial charge in [0.2, 0.25) is 6.79 Å². The van der Waals surface area contributed by atoms with Crippen molar-refractivity contribution in [3.8, 4) is 11.5 Å². The van der Waals surface area contributed by atoms with Gasteiger partial charge in [0.25, 0.3) is 5.91 Å². The highest BCUT2D eigenvalue weighted by atomic mass is 32.1. The molecule has 0 radical (unpaired) electrons. The number of nitrogens with zero attached hydrogens (tertiary/aromatic N) is 2. The molecule has 0 spiro atoms. The number of carbonyl (C=O) groups excluding carboxylic acids is 1. The van der Waals surface area contributed by atoms with E-state index in [1.54, 1.807) is 0 Å². The fourth-order valence-electron chi connectivity index (χ4n) is 2.46. The Morgan fingerprint density at radius 1 is 1.23 bits per heavy atom. The van der Waals surface area contributed by atoms with Crippen LogP contribution in [-0.2, 0) is 11.3 Å². The Morgan fingerprint density at radius 2 is 1.95 bits per heavy atom. The Kier molecular flexibility index (Phi) is 4.44. The van der Waals surface area contributed by atoms with Gasteiger partial charge in [0.05, 0.1) is 0 Å². The highest BCUT2D eigenvalue weighted by molar-refractivity contribution is 7.82. The zero-order valence-electron chi connectivity index (χ0n) is 12.5. The van der Waals surface area contributed by atoms with Gasteiger partial charge in [-0.3, -0.25) is 4.79 Å². The lowest BCUT2D eigenvalue weighted by Gasteiger charge is -2.33. The minimum absolute atomic E-state index is 0.197. The molecule has 0 saturated carbocycles. The Hall–Kier alpha value is -1.86. The van der Waals surface area contributed by atoms with Crippen LogP contribution in [0.15, 0.2) is 18.2 Å². The van der Waals surface area contributed by atoms with Gasteiger partial charge in [0, 0.05) is 32.7 Å². The molecule has 2 aliphatic rings.